The summed E-state index contributed by atoms with van der Waals surface area (Å²) < 4.78 is 50.9. The minimum atomic E-state index is -4.50. The number of anilines is 1. The van der Waals surface area contributed by atoms with E-state index < -0.39 is 29.4 Å². The fraction of sp³-hybridized carbons (Fsp3) is 0.267. The summed E-state index contributed by atoms with van der Waals surface area (Å²) >= 11 is 0. The minimum absolute atomic E-state index is 0.208. The molecule has 1 aliphatic carbocycles. The van der Waals surface area contributed by atoms with Gasteiger partial charge in [-0.1, -0.05) is 53.7 Å². The number of carbonyl (C=O) groups excluding carboxylic acids is 2. The fourth-order valence-electron chi connectivity index (χ4n) is 4.71. The van der Waals surface area contributed by atoms with E-state index in [0.717, 1.165) is 41.7 Å². The molecule has 5 rings (SSSR count). The number of hydrogen-bond donors (Lipinski definition) is 1. The molecular formula is C30H27F3N4O4. The van der Waals surface area contributed by atoms with Crippen LogP contribution in [0, 0.1) is 6.92 Å². The molecule has 3 aromatic carbocycles. The molecule has 0 saturated heterocycles. The summed E-state index contributed by atoms with van der Waals surface area (Å²) in [5, 5.41) is 10.8. The summed E-state index contributed by atoms with van der Waals surface area (Å²) in [7, 11) is 1.40. The Kier molecular flexibility index (Phi) is 7.29. The lowest BCUT2D eigenvalue weighted by Gasteiger charge is -2.16. The topological polar surface area (TPSA) is 95.3 Å². The SMILES string of the molecule is COC(=O)C1(c2ccc(-c3ccc(-n4nnc(C)c4NC(=O)O[C@H](C)c4cccc(C(F)(F)F)c4)cc3)cc2)CC1. The standard InChI is InChI=1S/C30H27F3N4O4/c1-18-26(34-28(39)41-19(2)22-5-4-6-24(17-22)30(31,32)33)37(36-35-18)25-13-9-21(10-14-25)20-7-11-23(12-8-20)29(15-16-29)27(38)40-3/h4-14,17,19H,15-16H2,1-3H3,(H,34,39)/t19-/m1/s1. The first-order valence-electron chi connectivity index (χ1n) is 12.9. The normalized spacial score (nSPS) is 14.7. The van der Waals surface area contributed by atoms with Crippen LogP contribution in [0.15, 0.2) is 72.8 Å². The average Bonchev–Trinajstić information content (AvgIpc) is 3.71. The van der Waals surface area contributed by atoms with Crippen LogP contribution in [0.4, 0.5) is 23.8 Å². The van der Waals surface area contributed by atoms with Gasteiger partial charge >= 0.3 is 18.2 Å². The van der Waals surface area contributed by atoms with E-state index in [2.05, 4.69) is 15.6 Å². The number of nitrogens with one attached hydrogen (secondary N) is 1. The van der Waals surface area contributed by atoms with Crippen LogP contribution in [0.5, 0.6) is 0 Å². The number of alkyl halides is 3. The van der Waals surface area contributed by atoms with Crippen molar-refractivity contribution in [2.24, 2.45) is 0 Å². The highest BCUT2D eigenvalue weighted by atomic mass is 19.4. The van der Waals surface area contributed by atoms with Gasteiger partial charge in [0.05, 0.1) is 23.8 Å². The number of aryl methyl sites for hydroxylation is 1. The van der Waals surface area contributed by atoms with Crippen molar-refractivity contribution in [3.8, 4) is 16.8 Å². The number of esters is 1. The van der Waals surface area contributed by atoms with Gasteiger partial charge in [0.25, 0.3) is 0 Å². The summed E-state index contributed by atoms with van der Waals surface area (Å²) in [6, 6.07) is 19.9. The van der Waals surface area contributed by atoms with Gasteiger partial charge in [0.2, 0.25) is 0 Å². The minimum Gasteiger partial charge on any atom is -0.468 e. The van der Waals surface area contributed by atoms with Gasteiger partial charge in [-0.05, 0) is 73.2 Å². The molecule has 11 heteroatoms. The van der Waals surface area contributed by atoms with E-state index in [4.69, 9.17) is 9.47 Å². The van der Waals surface area contributed by atoms with Crippen molar-refractivity contribution in [3.05, 3.63) is 95.2 Å². The predicted molar refractivity (Wildman–Crippen MR) is 144 cm³/mol. The quantitative estimate of drug-likeness (QED) is 0.249. The Labute approximate surface area is 234 Å². The number of carbonyl (C=O) groups is 2. The maximum absolute atomic E-state index is 13.1. The fourth-order valence-corrected chi connectivity index (χ4v) is 4.71. The van der Waals surface area contributed by atoms with Crippen LogP contribution in [0.2, 0.25) is 0 Å². The molecule has 1 aromatic heterocycles. The molecule has 1 amide bonds. The molecule has 0 aliphatic heterocycles. The molecule has 41 heavy (non-hydrogen) atoms. The molecule has 1 N–H and O–H groups in total. The second kappa shape index (κ2) is 10.7. The lowest BCUT2D eigenvalue weighted by molar-refractivity contribution is -0.143. The second-order valence-electron chi connectivity index (χ2n) is 9.93. The van der Waals surface area contributed by atoms with Crippen LogP contribution < -0.4 is 5.32 Å². The molecule has 0 radical (unpaired) electrons. The highest BCUT2D eigenvalue weighted by Gasteiger charge is 2.52. The van der Waals surface area contributed by atoms with Crippen molar-refractivity contribution in [1.82, 2.24) is 15.0 Å². The second-order valence-corrected chi connectivity index (χ2v) is 9.93. The Morgan fingerprint density at radius 3 is 2.22 bits per heavy atom. The van der Waals surface area contributed by atoms with Gasteiger partial charge < -0.3 is 9.47 Å². The Hall–Kier alpha value is -4.67. The van der Waals surface area contributed by atoms with Crippen molar-refractivity contribution >= 4 is 17.9 Å². The van der Waals surface area contributed by atoms with Crippen LogP contribution >= 0.6 is 0 Å². The lowest BCUT2D eigenvalue weighted by Crippen LogP contribution is -2.21. The molecule has 0 unspecified atom stereocenters. The van der Waals surface area contributed by atoms with E-state index in [1.807, 2.05) is 48.5 Å². The van der Waals surface area contributed by atoms with Gasteiger partial charge in [-0.25, -0.2) is 4.79 Å². The van der Waals surface area contributed by atoms with Crippen molar-refractivity contribution in [3.63, 3.8) is 0 Å². The van der Waals surface area contributed by atoms with E-state index in [0.29, 0.717) is 11.4 Å². The average molecular weight is 565 g/mol. The van der Waals surface area contributed by atoms with Gasteiger partial charge in [-0.3, -0.25) is 10.1 Å². The molecule has 1 aliphatic rings. The number of benzene rings is 3. The molecular weight excluding hydrogens is 537 g/mol. The number of ether oxygens (including phenoxy) is 2. The van der Waals surface area contributed by atoms with E-state index in [9.17, 15) is 22.8 Å². The number of hydrogen-bond acceptors (Lipinski definition) is 6. The highest BCUT2D eigenvalue weighted by molar-refractivity contribution is 5.87. The third-order valence-corrected chi connectivity index (χ3v) is 7.24. The zero-order valence-electron chi connectivity index (χ0n) is 22.5. The molecule has 8 nitrogen and oxygen atoms in total. The third-order valence-electron chi connectivity index (χ3n) is 7.24. The Morgan fingerprint density at radius 2 is 1.63 bits per heavy atom. The van der Waals surface area contributed by atoms with Crippen molar-refractivity contribution in [1.29, 1.82) is 0 Å². The number of rotatable bonds is 7. The smallest absolute Gasteiger partial charge is 0.416 e. The van der Waals surface area contributed by atoms with Crippen LogP contribution in [0.3, 0.4) is 0 Å². The summed E-state index contributed by atoms with van der Waals surface area (Å²) in [6.45, 7) is 3.15. The molecule has 1 saturated carbocycles. The van der Waals surface area contributed by atoms with Gasteiger partial charge in [-0.2, -0.15) is 17.9 Å². The number of aromatic nitrogens is 3. The number of methoxy groups -OCH3 is 1. The first-order chi connectivity index (χ1) is 19.5. The molecule has 4 aromatic rings. The number of halogens is 3. The summed E-state index contributed by atoms with van der Waals surface area (Å²) in [6.07, 6.45) is -4.75. The molecule has 1 heterocycles. The van der Waals surface area contributed by atoms with Gasteiger partial charge in [0.15, 0.2) is 5.82 Å². The van der Waals surface area contributed by atoms with Gasteiger partial charge in [-0.15, -0.1) is 5.10 Å². The Balaban J connectivity index is 1.28. The first kappa shape index (κ1) is 27.9. The maximum atomic E-state index is 13.1. The summed E-state index contributed by atoms with van der Waals surface area (Å²) in [5.74, 6) is 0.0528. The molecule has 0 bridgehead atoms. The zero-order chi connectivity index (χ0) is 29.4. The highest BCUT2D eigenvalue weighted by Crippen LogP contribution is 2.49. The number of nitrogens with zero attached hydrogens (tertiary/aromatic N) is 3. The van der Waals surface area contributed by atoms with Crippen LogP contribution in [0.25, 0.3) is 16.8 Å². The zero-order valence-corrected chi connectivity index (χ0v) is 22.5. The van der Waals surface area contributed by atoms with E-state index in [-0.39, 0.29) is 17.4 Å². The first-order valence-corrected chi connectivity index (χ1v) is 12.9. The van der Waals surface area contributed by atoms with Crippen LogP contribution in [0.1, 0.15) is 48.3 Å². The van der Waals surface area contributed by atoms with E-state index in [1.54, 1.807) is 6.92 Å². The Bertz CT molecular complexity index is 1580. The maximum Gasteiger partial charge on any atom is 0.416 e. The molecule has 1 atom stereocenters. The lowest BCUT2D eigenvalue weighted by atomic mass is 9.94. The van der Waals surface area contributed by atoms with Crippen LogP contribution in [-0.2, 0) is 25.9 Å². The molecule has 0 spiro atoms. The van der Waals surface area contributed by atoms with Gasteiger partial charge in [0.1, 0.15) is 11.8 Å². The van der Waals surface area contributed by atoms with Crippen LogP contribution in [-0.4, -0.2) is 34.2 Å². The third kappa shape index (κ3) is 5.65. The van der Waals surface area contributed by atoms with Crippen molar-refractivity contribution in [2.75, 3.05) is 12.4 Å². The van der Waals surface area contributed by atoms with Crippen molar-refractivity contribution in [2.45, 2.75) is 44.4 Å². The summed E-state index contributed by atoms with van der Waals surface area (Å²) in [4.78, 5) is 24.8. The monoisotopic (exact) mass is 564 g/mol. The molecule has 212 valence electrons. The number of amides is 1. The van der Waals surface area contributed by atoms with E-state index in [1.165, 1.54) is 30.8 Å². The molecule has 1 fully saturated rings. The largest absolute Gasteiger partial charge is 0.468 e. The van der Waals surface area contributed by atoms with Gasteiger partial charge in [0, 0.05) is 0 Å². The Morgan fingerprint density at radius 1 is 1.00 bits per heavy atom. The summed E-state index contributed by atoms with van der Waals surface area (Å²) in [5.41, 5.74) is 2.73. The predicted octanol–water partition coefficient (Wildman–Crippen LogP) is 6.78. The van der Waals surface area contributed by atoms with Crippen molar-refractivity contribution < 1.29 is 32.2 Å². The van der Waals surface area contributed by atoms with E-state index >= 15 is 0 Å².